The number of amides is 2. The van der Waals surface area contributed by atoms with Crippen LogP contribution in [0.5, 0.6) is 0 Å². The third-order valence-electron chi connectivity index (χ3n) is 2.13. The standard InChI is InChI=1S/C11H16N4O2/c1-8(12)11(17)14-7-10(16)15(13)9-5-3-2-4-6-9/h2-6,8H,7,12-13H2,1H3,(H,14,17)/t8-/m0/s1. The number of para-hydroxylation sites is 1. The summed E-state index contributed by atoms with van der Waals surface area (Å²) < 4.78 is 0. The molecule has 0 spiro atoms. The Morgan fingerprint density at radius 3 is 2.47 bits per heavy atom. The van der Waals surface area contributed by atoms with Gasteiger partial charge < -0.3 is 11.1 Å². The fraction of sp³-hybridized carbons (Fsp3) is 0.273. The quantitative estimate of drug-likeness (QED) is 0.367. The van der Waals surface area contributed by atoms with Crippen LogP contribution in [-0.4, -0.2) is 24.4 Å². The minimum Gasteiger partial charge on any atom is -0.346 e. The molecule has 1 rings (SSSR count). The van der Waals surface area contributed by atoms with Gasteiger partial charge in [-0.25, -0.2) is 10.9 Å². The Labute approximate surface area is 99.5 Å². The molecule has 0 fully saturated rings. The zero-order valence-corrected chi connectivity index (χ0v) is 9.59. The molecule has 0 unspecified atom stereocenters. The second-order valence-corrected chi connectivity index (χ2v) is 3.61. The van der Waals surface area contributed by atoms with Crippen LogP contribution in [0.3, 0.4) is 0 Å². The van der Waals surface area contributed by atoms with Crippen LogP contribution >= 0.6 is 0 Å². The first-order valence-corrected chi connectivity index (χ1v) is 5.18. The SMILES string of the molecule is C[C@H](N)C(=O)NCC(=O)N(N)c1ccccc1. The van der Waals surface area contributed by atoms with Crippen LogP contribution < -0.4 is 21.9 Å². The molecule has 6 nitrogen and oxygen atoms in total. The topological polar surface area (TPSA) is 101 Å². The number of benzene rings is 1. The summed E-state index contributed by atoms with van der Waals surface area (Å²) in [7, 11) is 0. The lowest BCUT2D eigenvalue weighted by Gasteiger charge is -2.17. The van der Waals surface area contributed by atoms with Crippen LogP contribution in [0.25, 0.3) is 0 Å². The number of nitrogens with zero attached hydrogens (tertiary/aromatic N) is 1. The highest BCUT2D eigenvalue weighted by molar-refractivity contribution is 5.96. The molecule has 0 aliphatic carbocycles. The number of carbonyl (C=O) groups is 2. The van der Waals surface area contributed by atoms with Gasteiger partial charge in [-0.15, -0.1) is 0 Å². The monoisotopic (exact) mass is 236 g/mol. The maximum Gasteiger partial charge on any atom is 0.260 e. The second kappa shape index (κ2) is 5.97. The predicted molar refractivity (Wildman–Crippen MR) is 64.8 cm³/mol. The fourth-order valence-corrected chi connectivity index (χ4v) is 1.14. The smallest absolute Gasteiger partial charge is 0.260 e. The Bertz CT molecular complexity index is 392. The highest BCUT2D eigenvalue weighted by atomic mass is 16.2. The molecule has 6 heteroatoms. The van der Waals surface area contributed by atoms with E-state index < -0.39 is 11.9 Å². The van der Waals surface area contributed by atoms with Gasteiger partial charge in [0, 0.05) is 0 Å². The van der Waals surface area contributed by atoms with Crippen molar-refractivity contribution in [1.82, 2.24) is 5.32 Å². The molecule has 1 atom stereocenters. The first kappa shape index (κ1) is 13.1. The number of nitrogens with one attached hydrogen (secondary N) is 1. The summed E-state index contributed by atoms with van der Waals surface area (Å²) >= 11 is 0. The molecular weight excluding hydrogens is 220 g/mol. The molecule has 0 saturated carbocycles. The van der Waals surface area contributed by atoms with E-state index in [1.54, 1.807) is 24.3 Å². The molecule has 1 aromatic rings. The lowest BCUT2D eigenvalue weighted by Crippen LogP contribution is -2.47. The molecule has 0 aliphatic heterocycles. The number of nitrogens with two attached hydrogens (primary N) is 2. The Kier molecular flexibility index (Phi) is 4.62. The molecule has 0 aromatic heterocycles. The Morgan fingerprint density at radius 2 is 1.94 bits per heavy atom. The van der Waals surface area contributed by atoms with Crippen molar-refractivity contribution in [3.8, 4) is 0 Å². The van der Waals surface area contributed by atoms with Crippen LogP contribution in [0.4, 0.5) is 5.69 Å². The van der Waals surface area contributed by atoms with E-state index in [4.69, 9.17) is 11.6 Å². The van der Waals surface area contributed by atoms with Crippen molar-refractivity contribution in [3.05, 3.63) is 30.3 Å². The molecule has 0 radical (unpaired) electrons. The van der Waals surface area contributed by atoms with Crippen LogP contribution in [0, 0.1) is 0 Å². The number of hydrogen-bond donors (Lipinski definition) is 3. The van der Waals surface area contributed by atoms with Crippen molar-refractivity contribution < 1.29 is 9.59 Å². The third kappa shape index (κ3) is 3.86. The van der Waals surface area contributed by atoms with E-state index in [0.717, 1.165) is 5.01 Å². The largest absolute Gasteiger partial charge is 0.346 e. The number of hydrogen-bond acceptors (Lipinski definition) is 4. The van der Waals surface area contributed by atoms with Crippen molar-refractivity contribution in [1.29, 1.82) is 0 Å². The van der Waals surface area contributed by atoms with Crippen molar-refractivity contribution in [2.45, 2.75) is 13.0 Å². The lowest BCUT2D eigenvalue weighted by atomic mass is 10.3. The first-order valence-electron chi connectivity index (χ1n) is 5.18. The van der Waals surface area contributed by atoms with E-state index in [0.29, 0.717) is 5.69 Å². The molecule has 0 saturated heterocycles. The van der Waals surface area contributed by atoms with Crippen LogP contribution in [0.2, 0.25) is 0 Å². The van der Waals surface area contributed by atoms with Gasteiger partial charge >= 0.3 is 0 Å². The van der Waals surface area contributed by atoms with Gasteiger partial charge in [0.25, 0.3) is 5.91 Å². The number of carbonyl (C=O) groups excluding carboxylic acids is 2. The Hall–Kier alpha value is -1.92. The number of hydrazine groups is 1. The predicted octanol–water partition coefficient (Wildman–Crippen LogP) is -0.643. The molecule has 0 heterocycles. The minimum atomic E-state index is -0.647. The summed E-state index contributed by atoms with van der Waals surface area (Å²) in [6.07, 6.45) is 0. The highest BCUT2D eigenvalue weighted by Crippen LogP contribution is 2.08. The summed E-state index contributed by atoms with van der Waals surface area (Å²) in [5.74, 6) is 4.80. The maximum atomic E-state index is 11.6. The molecule has 0 aliphatic rings. The molecular formula is C11H16N4O2. The fourth-order valence-electron chi connectivity index (χ4n) is 1.14. The van der Waals surface area contributed by atoms with Crippen LogP contribution in [0.15, 0.2) is 30.3 Å². The summed E-state index contributed by atoms with van der Waals surface area (Å²) in [4.78, 5) is 22.8. The van der Waals surface area contributed by atoms with Gasteiger partial charge in [0.1, 0.15) is 0 Å². The van der Waals surface area contributed by atoms with Crippen molar-refractivity contribution in [3.63, 3.8) is 0 Å². The molecule has 5 N–H and O–H groups in total. The van der Waals surface area contributed by atoms with Gasteiger partial charge in [0.05, 0.1) is 18.3 Å². The summed E-state index contributed by atoms with van der Waals surface area (Å²) in [5, 5.41) is 3.38. The Balaban J connectivity index is 2.51. The highest BCUT2D eigenvalue weighted by Gasteiger charge is 2.14. The van der Waals surface area contributed by atoms with E-state index in [9.17, 15) is 9.59 Å². The zero-order chi connectivity index (χ0) is 12.8. The minimum absolute atomic E-state index is 0.175. The Morgan fingerprint density at radius 1 is 1.35 bits per heavy atom. The molecule has 1 aromatic carbocycles. The van der Waals surface area contributed by atoms with Crippen molar-refractivity contribution in [2.75, 3.05) is 11.6 Å². The van der Waals surface area contributed by atoms with E-state index in [2.05, 4.69) is 5.32 Å². The average molecular weight is 236 g/mol. The first-order chi connectivity index (χ1) is 8.02. The average Bonchev–Trinajstić information content (AvgIpc) is 2.35. The molecule has 17 heavy (non-hydrogen) atoms. The van der Waals surface area contributed by atoms with E-state index in [1.807, 2.05) is 6.07 Å². The third-order valence-corrected chi connectivity index (χ3v) is 2.13. The van der Waals surface area contributed by atoms with Gasteiger partial charge in [0.2, 0.25) is 5.91 Å². The van der Waals surface area contributed by atoms with Gasteiger partial charge in [-0.3, -0.25) is 9.59 Å². The second-order valence-electron chi connectivity index (χ2n) is 3.61. The molecule has 92 valence electrons. The van der Waals surface area contributed by atoms with Gasteiger partial charge in [-0.1, -0.05) is 18.2 Å². The van der Waals surface area contributed by atoms with E-state index in [1.165, 1.54) is 6.92 Å². The number of anilines is 1. The lowest BCUT2D eigenvalue weighted by molar-refractivity contribution is -0.125. The normalized spacial score (nSPS) is 11.7. The summed E-state index contributed by atoms with van der Waals surface area (Å²) in [6, 6.07) is 8.10. The van der Waals surface area contributed by atoms with Gasteiger partial charge in [-0.05, 0) is 19.1 Å². The molecule has 2 amide bonds. The van der Waals surface area contributed by atoms with Crippen LogP contribution in [-0.2, 0) is 9.59 Å². The molecule has 0 bridgehead atoms. The van der Waals surface area contributed by atoms with Gasteiger partial charge in [-0.2, -0.15) is 0 Å². The zero-order valence-electron chi connectivity index (χ0n) is 9.59. The van der Waals surface area contributed by atoms with Crippen molar-refractivity contribution in [2.24, 2.45) is 11.6 Å². The van der Waals surface area contributed by atoms with E-state index >= 15 is 0 Å². The maximum absolute atomic E-state index is 11.6. The summed E-state index contributed by atoms with van der Waals surface area (Å²) in [5.41, 5.74) is 5.90. The summed E-state index contributed by atoms with van der Waals surface area (Å²) in [6.45, 7) is 1.36. The van der Waals surface area contributed by atoms with E-state index in [-0.39, 0.29) is 12.5 Å². The van der Waals surface area contributed by atoms with Crippen LogP contribution in [0.1, 0.15) is 6.92 Å². The van der Waals surface area contributed by atoms with Gasteiger partial charge in [0.15, 0.2) is 0 Å². The van der Waals surface area contributed by atoms with Crippen molar-refractivity contribution >= 4 is 17.5 Å². The number of rotatable bonds is 4.